The zero-order chi connectivity index (χ0) is 21.2. The molecule has 0 aliphatic carbocycles. The Balaban J connectivity index is 1.71. The zero-order valence-corrected chi connectivity index (χ0v) is 17.1. The van der Waals surface area contributed by atoms with Gasteiger partial charge in [0.1, 0.15) is 5.82 Å². The minimum atomic E-state index is -3.70. The van der Waals surface area contributed by atoms with Gasteiger partial charge in [0.15, 0.2) is 9.84 Å². The van der Waals surface area contributed by atoms with Gasteiger partial charge in [0, 0.05) is 24.6 Å². The molecule has 1 aliphatic rings. The number of carbonyl (C=O) groups is 2. The molecule has 6 nitrogen and oxygen atoms in total. The molecule has 0 fully saturated rings. The monoisotopic (exact) mass is 418 g/mol. The topological polar surface area (TPSA) is 83.6 Å². The predicted octanol–water partition coefficient (Wildman–Crippen LogP) is 3.32. The first-order valence-corrected chi connectivity index (χ1v) is 11.1. The van der Waals surface area contributed by atoms with E-state index in [-0.39, 0.29) is 34.7 Å². The summed E-state index contributed by atoms with van der Waals surface area (Å²) in [6, 6.07) is 10.4. The fourth-order valence-corrected chi connectivity index (χ4v) is 4.76. The first kappa shape index (κ1) is 21.0. The van der Waals surface area contributed by atoms with Gasteiger partial charge >= 0.3 is 0 Å². The lowest BCUT2D eigenvalue weighted by Crippen LogP contribution is -2.35. The normalized spacial score (nSPS) is 15.8. The van der Waals surface area contributed by atoms with Gasteiger partial charge in [-0.1, -0.05) is 19.1 Å². The van der Waals surface area contributed by atoms with Crippen LogP contribution in [0.2, 0.25) is 0 Å². The van der Waals surface area contributed by atoms with Gasteiger partial charge in [0.25, 0.3) is 0 Å². The Bertz CT molecular complexity index is 1050. The molecule has 0 aromatic heterocycles. The molecule has 2 aromatic carbocycles. The molecule has 8 heteroatoms. The maximum absolute atomic E-state index is 13.6. The lowest BCUT2D eigenvalue weighted by atomic mass is 10.1. The molecule has 2 amide bonds. The maximum Gasteiger partial charge on any atom is 0.226 e. The molecule has 29 heavy (non-hydrogen) atoms. The van der Waals surface area contributed by atoms with Crippen LogP contribution in [-0.4, -0.2) is 32.0 Å². The second kappa shape index (κ2) is 8.32. The van der Waals surface area contributed by atoms with Crippen molar-refractivity contribution in [2.24, 2.45) is 0 Å². The summed E-state index contributed by atoms with van der Waals surface area (Å²) in [4.78, 5) is 26.0. The van der Waals surface area contributed by atoms with Crippen molar-refractivity contribution in [3.05, 3.63) is 53.8 Å². The number of hydrogen-bond acceptors (Lipinski definition) is 4. The first-order chi connectivity index (χ1) is 13.7. The van der Waals surface area contributed by atoms with Gasteiger partial charge in [-0.15, -0.1) is 0 Å². The van der Waals surface area contributed by atoms with Crippen molar-refractivity contribution in [1.82, 2.24) is 0 Å². The van der Waals surface area contributed by atoms with E-state index in [1.54, 1.807) is 30.0 Å². The molecule has 0 saturated carbocycles. The Morgan fingerprint density at radius 3 is 2.62 bits per heavy atom. The number of fused-ring (bicyclic) bond motifs is 1. The largest absolute Gasteiger partial charge is 0.324 e. The number of rotatable bonds is 6. The molecule has 1 heterocycles. The van der Waals surface area contributed by atoms with Crippen LogP contribution in [0.3, 0.4) is 0 Å². The number of hydrogen-bond donors (Lipinski definition) is 1. The Kier molecular flexibility index (Phi) is 6.02. The molecule has 0 saturated heterocycles. The van der Waals surface area contributed by atoms with Crippen molar-refractivity contribution in [2.75, 3.05) is 16.0 Å². The van der Waals surface area contributed by atoms with Crippen LogP contribution in [-0.2, 0) is 25.8 Å². The van der Waals surface area contributed by atoms with Crippen molar-refractivity contribution >= 4 is 33.0 Å². The van der Waals surface area contributed by atoms with Gasteiger partial charge < -0.3 is 10.2 Å². The number of amides is 2. The summed E-state index contributed by atoms with van der Waals surface area (Å²) >= 11 is 0. The summed E-state index contributed by atoms with van der Waals surface area (Å²) in [5, 5.41) is 2.38. The highest BCUT2D eigenvalue weighted by Crippen LogP contribution is 2.34. The molecule has 0 radical (unpaired) electrons. The van der Waals surface area contributed by atoms with Gasteiger partial charge in [-0.2, -0.15) is 0 Å². The second-order valence-electron chi connectivity index (χ2n) is 7.06. The van der Waals surface area contributed by atoms with Crippen LogP contribution in [0.5, 0.6) is 0 Å². The predicted molar refractivity (Wildman–Crippen MR) is 109 cm³/mol. The number of anilines is 2. The van der Waals surface area contributed by atoms with Crippen LogP contribution in [0.15, 0.2) is 47.4 Å². The van der Waals surface area contributed by atoms with Crippen LogP contribution in [0.1, 0.15) is 32.3 Å². The van der Waals surface area contributed by atoms with E-state index in [4.69, 9.17) is 0 Å². The summed E-state index contributed by atoms with van der Waals surface area (Å²) < 4.78 is 38.9. The van der Waals surface area contributed by atoms with Gasteiger partial charge in [-0.05, 0) is 49.2 Å². The van der Waals surface area contributed by atoms with Crippen molar-refractivity contribution in [2.45, 2.75) is 44.0 Å². The summed E-state index contributed by atoms with van der Waals surface area (Å²) in [5.41, 5.74) is 1.55. The van der Waals surface area contributed by atoms with E-state index in [9.17, 15) is 22.4 Å². The number of para-hydroxylation sites is 1. The third-order valence-corrected chi connectivity index (χ3v) is 6.66. The van der Waals surface area contributed by atoms with Crippen LogP contribution in [0.4, 0.5) is 15.8 Å². The summed E-state index contributed by atoms with van der Waals surface area (Å²) in [6.07, 6.45) is 0.670. The van der Waals surface area contributed by atoms with Crippen LogP contribution >= 0.6 is 0 Å². The SMILES string of the molecule is CCC(=O)N1c2ccc(S(=O)(=O)CCC(=O)Nc3ccccc3F)cc2C[C@@H]1C. The van der Waals surface area contributed by atoms with E-state index in [2.05, 4.69) is 5.32 Å². The third kappa shape index (κ3) is 4.48. The summed E-state index contributed by atoms with van der Waals surface area (Å²) in [7, 11) is -3.70. The number of halogens is 1. The average Bonchev–Trinajstić information content (AvgIpc) is 3.02. The number of nitrogens with one attached hydrogen (secondary N) is 1. The quantitative estimate of drug-likeness (QED) is 0.780. The number of nitrogens with zero attached hydrogens (tertiary/aromatic N) is 1. The summed E-state index contributed by atoms with van der Waals surface area (Å²) in [5.74, 6) is -1.55. The molecule has 0 unspecified atom stereocenters. The minimum absolute atomic E-state index is 0.00308. The van der Waals surface area contributed by atoms with Gasteiger partial charge in [-0.3, -0.25) is 9.59 Å². The molecule has 154 valence electrons. The molecule has 0 spiro atoms. The third-order valence-electron chi connectivity index (χ3n) is 4.94. The number of sulfone groups is 1. The highest BCUT2D eigenvalue weighted by molar-refractivity contribution is 7.91. The van der Waals surface area contributed by atoms with E-state index >= 15 is 0 Å². The standard InChI is InChI=1S/C21H23FN2O4S/c1-3-21(26)24-14(2)12-15-13-16(8-9-19(15)24)29(27,28)11-10-20(25)23-18-7-5-4-6-17(18)22/h4-9,13-14H,3,10-12H2,1-2H3,(H,23,25)/t14-/m0/s1. The van der Waals surface area contributed by atoms with Crippen LogP contribution in [0.25, 0.3) is 0 Å². The van der Waals surface area contributed by atoms with E-state index in [1.165, 1.54) is 24.3 Å². The molecule has 1 aliphatic heterocycles. The van der Waals surface area contributed by atoms with Gasteiger partial charge in [0.05, 0.1) is 16.3 Å². The van der Waals surface area contributed by atoms with E-state index in [0.717, 1.165) is 11.3 Å². The molecule has 2 aromatic rings. The first-order valence-electron chi connectivity index (χ1n) is 9.45. The van der Waals surface area contributed by atoms with E-state index < -0.39 is 21.6 Å². The highest BCUT2D eigenvalue weighted by atomic mass is 32.2. The zero-order valence-electron chi connectivity index (χ0n) is 16.3. The molecule has 3 rings (SSSR count). The van der Waals surface area contributed by atoms with E-state index in [0.29, 0.717) is 12.8 Å². The van der Waals surface area contributed by atoms with Gasteiger partial charge in [-0.25, -0.2) is 12.8 Å². The molecule has 0 bridgehead atoms. The fraction of sp³-hybridized carbons (Fsp3) is 0.333. The molecular weight excluding hydrogens is 395 g/mol. The highest BCUT2D eigenvalue weighted by Gasteiger charge is 2.31. The smallest absolute Gasteiger partial charge is 0.226 e. The minimum Gasteiger partial charge on any atom is -0.324 e. The van der Waals surface area contributed by atoms with Crippen molar-refractivity contribution in [1.29, 1.82) is 0 Å². The van der Waals surface area contributed by atoms with Crippen LogP contribution in [0, 0.1) is 5.82 Å². The number of carbonyl (C=O) groups excluding carboxylic acids is 2. The van der Waals surface area contributed by atoms with Crippen molar-refractivity contribution in [3.63, 3.8) is 0 Å². The average molecular weight is 418 g/mol. The van der Waals surface area contributed by atoms with Gasteiger partial charge in [0.2, 0.25) is 11.8 Å². The Morgan fingerprint density at radius 2 is 1.93 bits per heavy atom. The van der Waals surface area contributed by atoms with Crippen molar-refractivity contribution in [3.8, 4) is 0 Å². The Labute approximate surface area is 169 Å². The Morgan fingerprint density at radius 1 is 1.21 bits per heavy atom. The lowest BCUT2D eigenvalue weighted by Gasteiger charge is -2.22. The van der Waals surface area contributed by atoms with E-state index in [1.807, 2.05) is 6.92 Å². The molecule has 1 N–H and O–H groups in total. The summed E-state index contributed by atoms with van der Waals surface area (Å²) in [6.45, 7) is 3.72. The maximum atomic E-state index is 13.6. The lowest BCUT2D eigenvalue weighted by molar-refractivity contribution is -0.118. The number of benzene rings is 2. The second-order valence-corrected chi connectivity index (χ2v) is 9.17. The van der Waals surface area contributed by atoms with Crippen molar-refractivity contribution < 1.29 is 22.4 Å². The molecule has 1 atom stereocenters. The molecular formula is C21H23FN2O4S. The Hall–Kier alpha value is -2.74. The fourth-order valence-electron chi connectivity index (χ4n) is 3.47. The van der Waals surface area contributed by atoms with Crippen LogP contribution < -0.4 is 10.2 Å².